The first-order chi connectivity index (χ1) is 10.0. The summed E-state index contributed by atoms with van der Waals surface area (Å²) in [4.78, 5) is 12.5. The molecule has 0 saturated carbocycles. The molecular formula is C17H22N2O2. The number of rotatable bonds is 2. The molecule has 1 aliphatic rings. The Bertz CT molecular complexity index is 574. The molecule has 1 aromatic carbocycles. The molecule has 0 aliphatic carbocycles. The lowest BCUT2D eigenvalue weighted by Gasteiger charge is -2.18. The van der Waals surface area contributed by atoms with Gasteiger partial charge in [0.05, 0.1) is 24.7 Å². The summed E-state index contributed by atoms with van der Waals surface area (Å²) in [5.74, 6) is 5.85. The van der Waals surface area contributed by atoms with Crippen molar-refractivity contribution in [2.45, 2.75) is 33.0 Å². The minimum Gasteiger partial charge on any atom is -0.374 e. The van der Waals surface area contributed by atoms with E-state index in [0.29, 0.717) is 6.54 Å². The first-order valence-corrected chi connectivity index (χ1v) is 7.28. The maximum atomic E-state index is 12.5. The SMILES string of the molecule is CC1OC(C)C(C(=O)Nc2cccc(C#CCN)c2)C1C. The molecule has 112 valence electrons. The van der Waals surface area contributed by atoms with Crippen LogP contribution >= 0.6 is 0 Å². The highest BCUT2D eigenvalue weighted by molar-refractivity contribution is 5.93. The summed E-state index contributed by atoms with van der Waals surface area (Å²) in [7, 11) is 0. The summed E-state index contributed by atoms with van der Waals surface area (Å²) >= 11 is 0. The van der Waals surface area contributed by atoms with Gasteiger partial charge in [-0.1, -0.05) is 24.8 Å². The number of hydrogen-bond acceptors (Lipinski definition) is 3. The molecule has 1 saturated heterocycles. The third-order valence-electron chi connectivity index (χ3n) is 4.01. The lowest BCUT2D eigenvalue weighted by molar-refractivity contribution is -0.121. The van der Waals surface area contributed by atoms with Crippen molar-refractivity contribution in [2.24, 2.45) is 17.6 Å². The Morgan fingerprint density at radius 2 is 2.10 bits per heavy atom. The lowest BCUT2D eigenvalue weighted by Crippen LogP contribution is -2.31. The molecule has 0 aromatic heterocycles. The molecule has 4 nitrogen and oxygen atoms in total. The Hall–Kier alpha value is -1.83. The molecule has 4 unspecified atom stereocenters. The Balaban J connectivity index is 2.09. The minimum absolute atomic E-state index is 0.00304. The highest BCUT2D eigenvalue weighted by Crippen LogP contribution is 2.33. The molecule has 21 heavy (non-hydrogen) atoms. The summed E-state index contributed by atoms with van der Waals surface area (Å²) in [5, 5.41) is 2.96. The van der Waals surface area contributed by atoms with Crippen molar-refractivity contribution < 1.29 is 9.53 Å². The van der Waals surface area contributed by atoms with Crippen molar-refractivity contribution in [1.29, 1.82) is 0 Å². The van der Waals surface area contributed by atoms with Gasteiger partial charge < -0.3 is 15.8 Å². The van der Waals surface area contributed by atoms with Gasteiger partial charge in [-0.05, 0) is 38.0 Å². The number of nitrogens with one attached hydrogen (secondary N) is 1. The lowest BCUT2D eigenvalue weighted by atomic mass is 9.89. The van der Waals surface area contributed by atoms with E-state index in [1.165, 1.54) is 0 Å². The summed E-state index contributed by atoms with van der Waals surface area (Å²) in [5.41, 5.74) is 6.96. The first-order valence-electron chi connectivity index (χ1n) is 7.28. The van der Waals surface area contributed by atoms with Crippen molar-refractivity contribution in [3.63, 3.8) is 0 Å². The molecule has 4 heteroatoms. The van der Waals surface area contributed by atoms with Crippen LogP contribution in [0.1, 0.15) is 26.3 Å². The number of anilines is 1. The van der Waals surface area contributed by atoms with E-state index in [0.717, 1.165) is 11.3 Å². The zero-order valence-electron chi connectivity index (χ0n) is 12.7. The normalized spacial score (nSPS) is 27.8. The summed E-state index contributed by atoms with van der Waals surface area (Å²) < 4.78 is 5.72. The van der Waals surface area contributed by atoms with Crippen LogP contribution in [0.4, 0.5) is 5.69 Å². The summed E-state index contributed by atoms with van der Waals surface area (Å²) in [6, 6.07) is 7.48. The molecule has 1 heterocycles. The van der Waals surface area contributed by atoms with Crippen molar-refractivity contribution in [3.8, 4) is 11.8 Å². The van der Waals surface area contributed by atoms with Crippen LogP contribution in [0.2, 0.25) is 0 Å². The van der Waals surface area contributed by atoms with E-state index in [1.54, 1.807) is 0 Å². The van der Waals surface area contributed by atoms with Gasteiger partial charge in [0.1, 0.15) is 0 Å². The number of carbonyl (C=O) groups is 1. The van der Waals surface area contributed by atoms with E-state index in [9.17, 15) is 4.79 Å². The van der Waals surface area contributed by atoms with Gasteiger partial charge in [0.25, 0.3) is 0 Å². The molecule has 3 N–H and O–H groups in total. The van der Waals surface area contributed by atoms with Crippen LogP contribution < -0.4 is 11.1 Å². The zero-order valence-corrected chi connectivity index (χ0v) is 12.7. The Morgan fingerprint density at radius 3 is 2.71 bits per heavy atom. The molecule has 1 aromatic rings. The maximum Gasteiger partial charge on any atom is 0.230 e. The molecule has 4 atom stereocenters. The average Bonchev–Trinajstić information content (AvgIpc) is 2.70. The summed E-state index contributed by atoms with van der Waals surface area (Å²) in [6.45, 7) is 6.34. The standard InChI is InChI=1S/C17H22N2O2/c1-11-12(2)21-13(3)16(11)17(20)19-15-8-4-6-14(10-15)7-5-9-18/h4,6,8,10-13,16H,9,18H2,1-3H3,(H,19,20). The summed E-state index contributed by atoms with van der Waals surface area (Å²) in [6.07, 6.45) is 0.0488. The Kier molecular flexibility index (Phi) is 5.00. The van der Waals surface area contributed by atoms with Crippen molar-refractivity contribution in [3.05, 3.63) is 29.8 Å². The van der Waals surface area contributed by atoms with Crippen LogP contribution in [-0.4, -0.2) is 24.7 Å². The highest BCUT2D eigenvalue weighted by atomic mass is 16.5. The van der Waals surface area contributed by atoms with Crippen LogP contribution in [0.15, 0.2) is 24.3 Å². The number of carbonyl (C=O) groups excluding carboxylic acids is 1. The van der Waals surface area contributed by atoms with Gasteiger partial charge in [0, 0.05) is 11.3 Å². The van der Waals surface area contributed by atoms with Gasteiger partial charge in [-0.3, -0.25) is 4.79 Å². The fraction of sp³-hybridized carbons (Fsp3) is 0.471. The van der Waals surface area contributed by atoms with Crippen LogP contribution in [0.3, 0.4) is 0 Å². The third-order valence-corrected chi connectivity index (χ3v) is 4.01. The van der Waals surface area contributed by atoms with Crippen LogP contribution in [0.5, 0.6) is 0 Å². The second-order valence-electron chi connectivity index (χ2n) is 5.51. The van der Waals surface area contributed by atoms with Gasteiger partial charge in [-0.15, -0.1) is 0 Å². The second kappa shape index (κ2) is 6.75. The smallest absolute Gasteiger partial charge is 0.230 e. The van der Waals surface area contributed by atoms with E-state index in [-0.39, 0.29) is 30.0 Å². The second-order valence-corrected chi connectivity index (χ2v) is 5.51. The van der Waals surface area contributed by atoms with Crippen LogP contribution in [-0.2, 0) is 9.53 Å². The molecule has 2 rings (SSSR count). The molecule has 0 spiro atoms. The quantitative estimate of drug-likeness (QED) is 0.817. The van der Waals surface area contributed by atoms with Gasteiger partial charge in [0.2, 0.25) is 5.91 Å². The van der Waals surface area contributed by atoms with Crippen molar-refractivity contribution in [2.75, 3.05) is 11.9 Å². The van der Waals surface area contributed by atoms with Crippen molar-refractivity contribution in [1.82, 2.24) is 0 Å². The topological polar surface area (TPSA) is 64.3 Å². The maximum absolute atomic E-state index is 12.5. The average molecular weight is 286 g/mol. The largest absolute Gasteiger partial charge is 0.374 e. The Labute approximate surface area is 126 Å². The van der Waals surface area contributed by atoms with Gasteiger partial charge in [-0.2, -0.15) is 0 Å². The molecule has 0 radical (unpaired) electrons. The monoisotopic (exact) mass is 286 g/mol. The molecule has 1 aliphatic heterocycles. The van der Waals surface area contributed by atoms with Gasteiger partial charge in [0.15, 0.2) is 0 Å². The first kappa shape index (κ1) is 15.6. The molecular weight excluding hydrogens is 264 g/mol. The fourth-order valence-electron chi connectivity index (χ4n) is 2.77. The number of hydrogen-bond donors (Lipinski definition) is 2. The fourth-order valence-corrected chi connectivity index (χ4v) is 2.77. The van der Waals surface area contributed by atoms with E-state index < -0.39 is 0 Å². The van der Waals surface area contributed by atoms with E-state index in [2.05, 4.69) is 24.1 Å². The van der Waals surface area contributed by atoms with Gasteiger partial charge >= 0.3 is 0 Å². The van der Waals surface area contributed by atoms with E-state index >= 15 is 0 Å². The van der Waals surface area contributed by atoms with E-state index in [1.807, 2.05) is 38.1 Å². The number of nitrogens with two attached hydrogens (primary N) is 1. The van der Waals surface area contributed by atoms with Gasteiger partial charge in [-0.25, -0.2) is 0 Å². The number of ether oxygens (including phenoxy) is 1. The molecule has 0 bridgehead atoms. The Morgan fingerprint density at radius 1 is 1.33 bits per heavy atom. The predicted molar refractivity (Wildman–Crippen MR) is 83.7 cm³/mol. The van der Waals surface area contributed by atoms with E-state index in [4.69, 9.17) is 10.5 Å². The predicted octanol–water partition coefficient (Wildman–Crippen LogP) is 1.99. The highest BCUT2D eigenvalue weighted by Gasteiger charge is 2.41. The van der Waals surface area contributed by atoms with Crippen molar-refractivity contribution >= 4 is 11.6 Å². The van der Waals surface area contributed by atoms with Crippen LogP contribution in [0, 0.1) is 23.7 Å². The number of amides is 1. The molecule has 1 fully saturated rings. The molecule has 1 amide bonds. The zero-order chi connectivity index (χ0) is 15.4. The third kappa shape index (κ3) is 3.63. The minimum atomic E-state index is -0.126. The number of benzene rings is 1. The van der Waals surface area contributed by atoms with Crippen LogP contribution in [0.25, 0.3) is 0 Å².